The molecule has 0 radical (unpaired) electrons. The van der Waals surface area contributed by atoms with Gasteiger partial charge in [0.15, 0.2) is 11.6 Å². The molecule has 0 fully saturated rings. The maximum atomic E-state index is 13.7. The van der Waals surface area contributed by atoms with Gasteiger partial charge in [-0.05, 0) is 49.2 Å². The van der Waals surface area contributed by atoms with Crippen LogP contribution in [0.5, 0.6) is 17.5 Å². The summed E-state index contributed by atoms with van der Waals surface area (Å²) in [6.45, 7) is 3.54. The van der Waals surface area contributed by atoms with E-state index in [1.54, 1.807) is 26.0 Å². The maximum Gasteiger partial charge on any atom is 0.325 e. The molecule has 0 unspecified atom stereocenters. The quantitative estimate of drug-likeness (QED) is 0.565. The SMILES string of the molecule is Cc1cc(-c2nc3cnc(Oc4cccc(F)c4F)nc3o2)cc(C)c1O. The lowest BCUT2D eigenvalue weighted by Crippen LogP contribution is -1.95. The first-order valence-corrected chi connectivity index (χ1v) is 7.98. The molecular weight excluding hydrogens is 356 g/mol. The van der Waals surface area contributed by atoms with E-state index in [4.69, 9.17) is 9.15 Å². The second kappa shape index (κ2) is 6.31. The molecule has 4 rings (SSSR count). The summed E-state index contributed by atoms with van der Waals surface area (Å²) in [6.07, 6.45) is 1.36. The molecule has 2 aromatic carbocycles. The number of aromatic hydroxyl groups is 1. The minimum Gasteiger partial charge on any atom is -0.507 e. The van der Waals surface area contributed by atoms with Gasteiger partial charge in [-0.2, -0.15) is 9.37 Å². The second-order valence-corrected chi connectivity index (χ2v) is 5.97. The van der Waals surface area contributed by atoms with Crippen LogP contribution in [0.25, 0.3) is 22.7 Å². The van der Waals surface area contributed by atoms with Crippen molar-refractivity contribution in [3.8, 4) is 29.0 Å². The summed E-state index contributed by atoms with van der Waals surface area (Å²) in [5, 5.41) is 9.89. The van der Waals surface area contributed by atoms with Gasteiger partial charge in [0.1, 0.15) is 11.3 Å². The summed E-state index contributed by atoms with van der Waals surface area (Å²) >= 11 is 0. The highest BCUT2D eigenvalue weighted by Crippen LogP contribution is 2.31. The van der Waals surface area contributed by atoms with Crippen molar-refractivity contribution in [2.45, 2.75) is 13.8 Å². The number of oxazole rings is 1. The van der Waals surface area contributed by atoms with E-state index in [1.807, 2.05) is 0 Å². The van der Waals surface area contributed by atoms with Gasteiger partial charge in [0, 0.05) is 5.56 Å². The molecule has 0 saturated carbocycles. The topological polar surface area (TPSA) is 81.3 Å². The third-order valence-electron chi connectivity index (χ3n) is 3.98. The Labute approximate surface area is 152 Å². The average molecular weight is 369 g/mol. The molecule has 0 saturated heterocycles. The molecule has 8 heteroatoms. The molecule has 0 atom stereocenters. The van der Waals surface area contributed by atoms with Crippen molar-refractivity contribution in [1.29, 1.82) is 0 Å². The maximum absolute atomic E-state index is 13.7. The number of fused-ring (bicyclic) bond motifs is 1. The summed E-state index contributed by atoms with van der Waals surface area (Å²) in [6, 6.07) is 6.83. The number of hydrogen-bond acceptors (Lipinski definition) is 6. The Morgan fingerprint density at radius 2 is 1.81 bits per heavy atom. The van der Waals surface area contributed by atoms with Crippen LogP contribution in [0.3, 0.4) is 0 Å². The van der Waals surface area contributed by atoms with E-state index >= 15 is 0 Å². The van der Waals surface area contributed by atoms with Gasteiger partial charge >= 0.3 is 6.01 Å². The zero-order chi connectivity index (χ0) is 19.1. The van der Waals surface area contributed by atoms with Crippen LogP contribution >= 0.6 is 0 Å². The molecule has 1 N–H and O–H groups in total. The van der Waals surface area contributed by atoms with Gasteiger partial charge in [-0.25, -0.2) is 14.4 Å². The number of aromatic nitrogens is 3. The largest absolute Gasteiger partial charge is 0.507 e. The average Bonchev–Trinajstić information content (AvgIpc) is 3.06. The van der Waals surface area contributed by atoms with Crippen LogP contribution in [0.1, 0.15) is 11.1 Å². The molecule has 27 heavy (non-hydrogen) atoms. The number of benzene rings is 2. The Balaban J connectivity index is 1.71. The van der Waals surface area contributed by atoms with E-state index in [0.717, 1.165) is 6.07 Å². The standard InChI is InChI=1S/C19H13F2N3O3/c1-9-6-11(7-10(2)16(9)25)17-23-13-8-22-19(24-18(13)27-17)26-14-5-3-4-12(20)15(14)21/h3-8,25H,1-2H3. The summed E-state index contributed by atoms with van der Waals surface area (Å²) in [5.74, 6) is -2.00. The molecule has 6 nitrogen and oxygen atoms in total. The molecule has 136 valence electrons. The fourth-order valence-corrected chi connectivity index (χ4v) is 2.63. The Bertz CT molecular complexity index is 1150. The molecule has 0 spiro atoms. The van der Waals surface area contributed by atoms with Crippen molar-refractivity contribution < 1.29 is 23.0 Å². The lowest BCUT2D eigenvalue weighted by Gasteiger charge is -2.04. The van der Waals surface area contributed by atoms with E-state index in [1.165, 1.54) is 18.3 Å². The van der Waals surface area contributed by atoms with Gasteiger partial charge in [-0.3, -0.25) is 0 Å². The monoisotopic (exact) mass is 369 g/mol. The van der Waals surface area contributed by atoms with Gasteiger partial charge in [-0.1, -0.05) is 6.07 Å². The molecule has 0 amide bonds. The van der Waals surface area contributed by atoms with Crippen molar-refractivity contribution in [2.24, 2.45) is 0 Å². The van der Waals surface area contributed by atoms with Crippen LogP contribution in [0.15, 0.2) is 40.9 Å². The highest BCUT2D eigenvalue weighted by molar-refractivity contribution is 5.72. The van der Waals surface area contributed by atoms with E-state index in [0.29, 0.717) is 28.1 Å². The van der Waals surface area contributed by atoms with E-state index in [-0.39, 0.29) is 23.2 Å². The molecule has 0 aliphatic carbocycles. The summed E-state index contributed by atoms with van der Waals surface area (Å²) in [4.78, 5) is 12.3. The van der Waals surface area contributed by atoms with E-state index in [2.05, 4.69) is 15.0 Å². The van der Waals surface area contributed by atoms with Gasteiger partial charge in [0.2, 0.25) is 11.7 Å². The third kappa shape index (κ3) is 3.05. The molecule has 2 heterocycles. The number of rotatable bonds is 3. The van der Waals surface area contributed by atoms with Gasteiger partial charge in [-0.15, -0.1) is 0 Å². The van der Waals surface area contributed by atoms with Crippen molar-refractivity contribution in [3.05, 3.63) is 59.3 Å². The minimum absolute atomic E-state index is 0.134. The fraction of sp³-hybridized carbons (Fsp3) is 0.105. The molecule has 2 aromatic heterocycles. The van der Waals surface area contributed by atoms with Crippen LogP contribution in [0.4, 0.5) is 8.78 Å². The number of ether oxygens (including phenoxy) is 1. The van der Waals surface area contributed by atoms with Crippen LogP contribution in [-0.2, 0) is 0 Å². The zero-order valence-electron chi connectivity index (χ0n) is 14.3. The summed E-state index contributed by atoms with van der Waals surface area (Å²) in [7, 11) is 0. The predicted octanol–water partition coefficient (Wildman–Crippen LogP) is 4.68. The van der Waals surface area contributed by atoms with Crippen molar-refractivity contribution >= 4 is 11.2 Å². The molecule has 4 aromatic rings. The van der Waals surface area contributed by atoms with Crippen molar-refractivity contribution in [3.63, 3.8) is 0 Å². The smallest absolute Gasteiger partial charge is 0.325 e. The molecule has 0 aliphatic heterocycles. The van der Waals surface area contributed by atoms with Gasteiger partial charge in [0.05, 0.1) is 6.20 Å². The second-order valence-electron chi connectivity index (χ2n) is 5.97. The Kier molecular flexibility index (Phi) is 3.95. The number of halogens is 2. The number of phenols is 1. The first-order chi connectivity index (χ1) is 12.9. The molecule has 0 aliphatic rings. The molecule has 0 bridgehead atoms. The Hall–Kier alpha value is -3.55. The van der Waals surface area contributed by atoms with Gasteiger partial charge < -0.3 is 14.3 Å². The minimum atomic E-state index is -1.13. The van der Waals surface area contributed by atoms with Gasteiger partial charge in [0.25, 0.3) is 5.71 Å². The number of nitrogens with zero attached hydrogens (tertiary/aromatic N) is 3. The first-order valence-electron chi connectivity index (χ1n) is 7.98. The van der Waals surface area contributed by atoms with Crippen LogP contribution in [0, 0.1) is 25.5 Å². The number of phenolic OH excluding ortho intramolecular Hbond substituents is 1. The van der Waals surface area contributed by atoms with Crippen LogP contribution in [0.2, 0.25) is 0 Å². The predicted molar refractivity (Wildman–Crippen MR) is 92.6 cm³/mol. The fourth-order valence-electron chi connectivity index (χ4n) is 2.63. The Morgan fingerprint density at radius 1 is 1.07 bits per heavy atom. The first kappa shape index (κ1) is 16.9. The van der Waals surface area contributed by atoms with Crippen LogP contribution < -0.4 is 4.74 Å². The lowest BCUT2D eigenvalue weighted by atomic mass is 10.1. The number of aryl methyl sites for hydroxylation is 2. The third-order valence-corrected chi connectivity index (χ3v) is 3.98. The van der Waals surface area contributed by atoms with E-state index < -0.39 is 11.6 Å². The number of hydrogen-bond donors (Lipinski definition) is 1. The Morgan fingerprint density at radius 3 is 2.56 bits per heavy atom. The zero-order valence-corrected chi connectivity index (χ0v) is 14.3. The highest BCUT2D eigenvalue weighted by atomic mass is 19.2. The van der Waals surface area contributed by atoms with Crippen molar-refractivity contribution in [2.75, 3.05) is 0 Å². The highest BCUT2D eigenvalue weighted by Gasteiger charge is 2.15. The lowest BCUT2D eigenvalue weighted by molar-refractivity contribution is 0.392. The van der Waals surface area contributed by atoms with E-state index in [9.17, 15) is 13.9 Å². The summed E-state index contributed by atoms with van der Waals surface area (Å²) < 4.78 is 37.9. The summed E-state index contributed by atoms with van der Waals surface area (Å²) in [5.41, 5.74) is 2.54. The van der Waals surface area contributed by atoms with Crippen molar-refractivity contribution in [1.82, 2.24) is 15.0 Å². The normalized spacial score (nSPS) is 11.1. The molecular formula is C19H13F2N3O3. The van der Waals surface area contributed by atoms with Crippen LogP contribution in [-0.4, -0.2) is 20.1 Å².